The number of rotatable bonds is 4. The van der Waals surface area contributed by atoms with E-state index in [2.05, 4.69) is 31.4 Å². The van der Waals surface area contributed by atoms with E-state index in [1.165, 1.54) is 0 Å². The van der Waals surface area contributed by atoms with Crippen LogP contribution in [0.15, 0.2) is 24.3 Å². The highest BCUT2D eigenvalue weighted by Crippen LogP contribution is 2.28. The molecule has 2 aromatic rings. The minimum absolute atomic E-state index is 0.0455. The molecule has 1 atom stereocenters. The maximum atomic E-state index is 6.28. The Morgan fingerprint density at radius 3 is 2.63 bits per heavy atom. The average Bonchev–Trinajstić information content (AvgIpc) is 2.74. The Balaban J connectivity index is 2.53. The first-order chi connectivity index (χ1) is 8.95. The lowest BCUT2D eigenvalue weighted by molar-refractivity contribution is 0.186. The Labute approximate surface area is 114 Å². The topological polar surface area (TPSA) is 53.1 Å². The summed E-state index contributed by atoms with van der Waals surface area (Å²) in [7, 11) is 1.69. The summed E-state index contributed by atoms with van der Waals surface area (Å²) < 4.78 is 7.36. The molecule has 0 aliphatic rings. The number of para-hydroxylation sites is 2. The minimum atomic E-state index is -0.105. The van der Waals surface area contributed by atoms with E-state index in [4.69, 9.17) is 15.5 Å². The molecule has 0 fully saturated rings. The fraction of sp³-hybridized carbons (Fsp3) is 0.533. The molecule has 4 heteroatoms. The summed E-state index contributed by atoms with van der Waals surface area (Å²) in [6.07, 6.45) is 0.774. The molecule has 0 saturated carbocycles. The molecule has 2 N–H and O–H groups in total. The van der Waals surface area contributed by atoms with Gasteiger partial charge in [0.05, 0.1) is 17.1 Å². The van der Waals surface area contributed by atoms with Gasteiger partial charge in [0.15, 0.2) is 0 Å². The van der Waals surface area contributed by atoms with Crippen molar-refractivity contribution in [3.63, 3.8) is 0 Å². The van der Waals surface area contributed by atoms with E-state index in [1.807, 2.05) is 18.2 Å². The second-order valence-electron chi connectivity index (χ2n) is 5.85. The molecule has 0 bridgehead atoms. The Morgan fingerprint density at radius 1 is 1.32 bits per heavy atom. The molecule has 0 aliphatic heterocycles. The number of hydrogen-bond donors (Lipinski definition) is 1. The highest BCUT2D eigenvalue weighted by Gasteiger charge is 2.24. The van der Waals surface area contributed by atoms with Crippen LogP contribution in [0.3, 0.4) is 0 Å². The van der Waals surface area contributed by atoms with Crippen LogP contribution in [0.25, 0.3) is 11.0 Å². The summed E-state index contributed by atoms with van der Waals surface area (Å²) >= 11 is 0. The van der Waals surface area contributed by atoms with Gasteiger partial charge in [0, 0.05) is 19.3 Å². The molecule has 2 rings (SSSR count). The number of benzene rings is 1. The SMILES string of the molecule is COCCC(N)c1nc2ccccc2n1C(C)(C)C. The average molecular weight is 261 g/mol. The zero-order chi connectivity index (χ0) is 14.0. The second kappa shape index (κ2) is 5.31. The molecule has 0 amide bonds. The second-order valence-corrected chi connectivity index (χ2v) is 5.85. The van der Waals surface area contributed by atoms with Crippen molar-refractivity contribution in [1.29, 1.82) is 0 Å². The highest BCUT2D eigenvalue weighted by molar-refractivity contribution is 5.76. The standard InChI is InChI=1S/C15H23N3O/c1-15(2,3)18-13-8-6-5-7-12(13)17-14(18)11(16)9-10-19-4/h5-8,11H,9-10,16H2,1-4H3. The van der Waals surface area contributed by atoms with Crippen LogP contribution >= 0.6 is 0 Å². The fourth-order valence-electron chi connectivity index (χ4n) is 2.37. The summed E-state index contributed by atoms with van der Waals surface area (Å²) in [4.78, 5) is 4.71. The van der Waals surface area contributed by atoms with Gasteiger partial charge in [-0.3, -0.25) is 0 Å². The van der Waals surface area contributed by atoms with Crippen LogP contribution < -0.4 is 5.73 Å². The van der Waals surface area contributed by atoms with E-state index in [9.17, 15) is 0 Å². The van der Waals surface area contributed by atoms with Gasteiger partial charge in [-0.1, -0.05) is 12.1 Å². The van der Waals surface area contributed by atoms with Crippen LogP contribution in [-0.2, 0) is 10.3 Å². The van der Waals surface area contributed by atoms with Crippen molar-refractivity contribution in [2.45, 2.75) is 38.8 Å². The van der Waals surface area contributed by atoms with Crippen molar-refractivity contribution >= 4 is 11.0 Å². The number of ether oxygens (including phenoxy) is 1. The van der Waals surface area contributed by atoms with Gasteiger partial charge in [-0.25, -0.2) is 4.98 Å². The van der Waals surface area contributed by atoms with E-state index >= 15 is 0 Å². The van der Waals surface area contributed by atoms with Crippen molar-refractivity contribution in [3.8, 4) is 0 Å². The third kappa shape index (κ3) is 2.80. The van der Waals surface area contributed by atoms with E-state index in [0.717, 1.165) is 23.3 Å². The molecule has 1 aromatic heterocycles. The Hall–Kier alpha value is -1.39. The lowest BCUT2D eigenvalue weighted by Gasteiger charge is -2.26. The molecule has 1 aromatic carbocycles. The number of fused-ring (bicyclic) bond motifs is 1. The first-order valence-electron chi connectivity index (χ1n) is 6.67. The molecule has 104 valence electrons. The summed E-state index contributed by atoms with van der Waals surface area (Å²) in [5.41, 5.74) is 8.37. The lowest BCUT2D eigenvalue weighted by atomic mass is 10.1. The van der Waals surface area contributed by atoms with E-state index in [-0.39, 0.29) is 11.6 Å². The van der Waals surface area contributed by atoms with Gasteiger partial charge in [0.1, 0.15) is 5.82 Å². The first-order valence-corrected chi connectivity index (χ1v) is 6.67. The Morgan fingerprint density at radius 2 is 2.00 bits per heavy atom. The summed E-state index contributed by atoms with van der Waals surface area (Å²) in [6.45, 7) is 7.17. The number of aromatic nitrogens is 2. The molecule has 0 aliphatic carbocycles. The highest BCUT2D eigenvalue weighted by atomic mass is 16.5. The smallest absolute Gasteiger partial charge is 0.127 e. The van der Waals surface area contributed by atoms with Crippen LogP contribution in [0, 0.1) is 0 Å². The van der Waals surface area contributed by atoms with Gasteiger partial charge in [0.2, 0.25) is 0 Å². The van der Waals surface area contributed by atoms with Crippen LogP contribution in [0.2, 0.25) is 0 Å². The van der Waals surface area contributed by atoms with Gasteiger partial charge < -0.3 is 15.0 Å². The maximum absolute atomic E-state index is 6.28. The van der Waals surface area contributed by atoms with Gasteiger partial charge in [-0.05, 0) is 39.3 Å². The number of nitrogens with zero attached hydrogens (tertiary/aromatic N) is 2. The number of methoxy groups -OCH3 is 1. The third-order valence-corrected chi connectivity index (χ3v) is 3.22. The van der Waals surface area contributed by atoms with Gasteiger partial charge in [-0.2, -0.15) is 0 Å². The van der Waals surface area contributed by atoms with Gasteiger partial charge in [-0.15, -0.1) is 0 Å². The minimum Gasteiger partial charge on any atom is -0.385 e. The fourth-order valence-corrected chi connectivity index (χ4v) is 2.37. The molecule has 4 nitrogen and oxygen atoms in total. The molecular weight excluding hydrogens is 238 g/mol. The predicted molar refractivity (Wildman–Crippen MR) is 78.2 cm³/mol. The largest absolute Gasteiger partial charge is 0.385 e. The molecule has 1 heterocycles. The predicted octanol–water partition coefficient (Wildman–Crippen LogP) is 2.83. The van der Waals surface area contributed by atoms with Crippen molar-refractivity contribution in [3.05, 3.63) is 30.1 Å². The quantitative estimate of drug-likeness (QED) is 0.920. The van der Waals surface area contributed by atoms with Crippen LogP contribution in [0.1, 0.15) is 39.1 Å². The molecule has 19 heavy (non-hydrogen) atoms. The number of imidazole rings is 1. The zero-order valence-electron chi connectivity index (χ0n) is 12.2. The Bertz CT molecular complexity index is 554. The van der Waals surface area contributed by atoms with Crippen LogP contribution in [-0.4, -0.2) is 23.3 Å². The van der Waals surface area contributed by atoms with Crippen LogP contribution in [0.5, 0.6) is 0 Å². The Kier molecular flexibility index (Phi) is 3.92. The zero-order valence-corrected chi connectivity index (χ0v) is 12.2. The molecule has 0 spiro atoms. The summed E-state index contributed by atoms with van der Waals surface area (Å²) in [6, 6.07) is 8.07. The van der Waals surface area contributed by atoms with Crippen molar-refractivity contribution in [1.82, 2.24) is 9.55 Å². The van der Waals surface area contributed by atoms with Gasteiger partial charge >= 0.3 is 0 Å². The number of nitrogens with two attached hydrogens (primary N) is 1. The molecule has 1 unspecified atom stereocenters. The van der Waals surface area contributed by atoms with E-state index < -0.39 is 0 Å². The lowest BCUT2D eigenvalue weighted by Crippen LogP contribution is -2.28. The van der Waals surface area contributed by atoms with E-state index in [1.54, 1.807) is 7.11 Å². The van der Waals surface area contributed by atoms with Crippen molar-refractivity contribution in [2.24, 2.45) is 5.73 Å². The monoisotopic (exact) mass is 261 g/mol. The normalized spacial score (nSPS) is 13.9. The van der Waals surface area contributed by atoms with E-state index in [0.29, 0.717) is 6.61 Å². The maximum Gasteiger partial charge on any atom is 0.127 e. The van der Waals surface area contributed by atoms with Crippen molar-refractivity contribution < 1.29 is 4.74 Å². The molecule has 0 saturated heterocycles. The summed E-state index contributed by atoms with van der Waals surface area (Å²) in [5.74, 6) is 0.936. The van der Waals surface area contributed by atoms with Crippen molar-refractivity contribution in [2.75, 3.05) is 13.7 Å². The van der Waals surface area contributed by atoms with Gasteiger partial charge in [0.25, 0.3) is 0 Å². The summed E-state index contributed by atoms with van der Waals surface area (Å²) in [5, 5.41) is 0. The number of hydrogen-bond acceptors (Lipinski definition) is 3. The molecular formula is C15H23N3O. The van der Waals surface area contributed by atoms with Crippen LogP contribution in [0.4, 0.5) is 0 Å². The molecule has 0 radical (unpaired) electrons. The first kappa shape index (κ1) is 14.0. The third-order valence-electron chi connectivity index (χ3n) is 3.22.